The van der Waals surface area contributed by atoms with E-state index in [4.69, 9.17) is 4.74 Å². The fourth-order valence-electron chi connectivity index (χ4n) is 4.04. The fourth-order valence-corrected chi connectivity index (χ4v) is 4.87. The first kappa shape index (κ1) is 22.0. The summed E-state index contributed by atoms with van der Waals surface area (Å²) in [4.78, 5) is 27.4. The predicted octanol–water partition coefficient (Wildman–Crippen LogP) is 6.96. The maximum absolute atomic E-state index is 13.0. The van der Waals surface area contributed by atoms with Gasteiger partial charge in [0.1, 0.15) is 12.4 Å². The lowest BCUT2D eigenvalue weighted by Gasteiger charge is -2.14. The van der Waals surface area contributed by atoms with Crippen LogP contribution in [0.5, 0.6) is 5.75 Å². The number of hydrogen-bond donors (Lipinski definition) is 0. The highest BCUT2D eigenvalue weighted by Gasteiger charge is 2.35. The summed E-state index contributed by atoms with van der Waals surface area (Å²) in [7, 11) is 0. The van der Waals surface area contributed by atoms with E-state index in [0.29, 0.717) is 17.3 Å². The van der Waals surface area contributed by atoms with Crippen LogP contribution in [-0.4, -0.2) is 16.0 Å². The quantitative estimate of drug-likeness (QED) is 0.289. The number of hydrogen-bond acceptors (Lipinski definition) is 4. The molecule has 5 heteroatoms. The van der Waals surface area contributed by atoms with Gasteiger partial charge in [-0.05, 0) is 58.3 Å². The summed E-state index contributed by atoms with van der Waals surface area (Å²) < 4.78 is 6.18. The Kier molecular flexibility index (Phi) is 6.19. The van der Waals surface area contributed by atoms with Gasteiger partial charge in [0.2, 0.25) is 0 Å². The summed E-state index contributed by atoms with van der Waals surface area (Å²) in [5, 5.41) is 2.06. The predicted molar refractivity (Wildman–Crippen MR) is 137 cm³/mol. The van der Waals surface area contributed by atoms with E-state index in [2.05, 4.69) is 24.3 Å². The second-order valence-electron chi connectivity index (χ2n) is 8.16. The number of para-hydroxylation sites is 1. The third-order valence-electron chi connectivity index (χ3n) is 5.93. The molecule has 5 rings (SSSR count). The van der Waals surface area contributed by atoms with Gasteiger partial charge < -0.3 is 4.74 Å². The van der Waals surface area contributed by atoms with E-state index in [1.807, 2.05) is 73.7 Å². The molecule has 4 aromatic carbocycles. The standard InChI is InChI=1S/C29H23NO3S/c1-20-9-2-3-12-23(20)18-30-28(31)27(34-29(30)32)17-22-11-5-7-16-26(22)33-19-24-14-8-13-21-10-4-6-15-25(21)24/h2-17H,18-19H2,1H3/b27-17-. The minimum Gasteiger partial charge on any atom is -0.488 e. The molecule has 0 saturated carbocycles. The van der Waals surface area contributed by atoms with Crippen LogP contribution in [0.3, 0.4) is 0 Å². The van der Waals surface area contributed by atoms with Crippen LogP contribution in [0, 0.1) is 6.92 Å². The maximum atomic E-state index is 13.0. The topological polar surface area (TPSA) is 46.6 Å². The maximum Gasteiger partial charge on any atom is 0.293 e. The lowest BCUT2D eigenvalue weighted by Crippen LogP contribution is -2.27. The van der Waals surface area contributed by atoms with Crippen molar-refractivity contribution in [2.24, 2.45) is 0 Å². The van der Waals surface area contributed by atoms with Gasteiger partial charge in [-0.15, -0.1) is 0 Å². The number of thioether (sulfide) groups is 1. The molecule has 0 bridgehead atoms. The number of imide groups is 1. The first-order valence-electron chi connectivity index (χ1n) is 11.1. The molecule has 0 N–H and O–H groups in total. The van der Waals surface area contributed by atoms with Gasteiger partial charge in [0.15, 0.2) is 0 Å². The van der Waals surface area contributed by atoms with Crippen molar-refractivity contribution in [1.82, 2.24) is 4.90 Å². The average molecular weight is 466 g/mol. The van der Waals surface area contributed by atoms with Crippen LogP contribution >= 0.6 is 11.8 Å². The van der Waals surface area contributed by atoms with Crippen LogP contribution in [0.1, 0.15) is 22.3 Å². The van der Waals surface area contributed by atoms with Crippen molar-refractivity contribution in [1.29, 1.82) is 0 Å². The third-order valence-corrected chi connectivity index (χ3v) is 6.84. The van der Waals surface area contributed by atoms with Crippen molar-refractivity contribution in [2.45, 2.75) is 20.1 Å². The summed E-state index contributed by atoms with van der Waals surface area (Å²) >= 11 is 0.970. The van der Waals surface area contributed by atoms with E-state index in [0.717, 1.165) is 39.4 Å². The van der Waals surface area contributed by atoms with Crippen LogP contribution in [-0.2, 0) is 17.9 Å². The van der Waals surface area contributed by atoms with Crippen LogP contribution in [0.25, 0.3) is 16.8 Å². The molecule has 1 aliphatic heterocycles. The van der Waals surface area contributed by atoms with Crippen molar-refractivity contribution in [3.8, 4) is 5.75 Å². The van der Waals surface area contributed by atoms with Gasteiger partial charge >= 0.3 is 0 Å². The largest absolute Gasteiger partial charge is 0.488 e. The van der Waals surface area contributed by atoms with E-state index in [-0.39, 0.29) is 17.7 Å². The molecule has 2 amide bonds. The minimum absolute atomic E-state index is 0.256. The molecule has 0 aromatic heterocycles. The van der Waals surface area contributed by atoms with Gasteiger partial charge in [0, 0.05) is 5.56 Å². The summed E-state index contributed by atoms with van der Waals surface area (Å²) in [5.74, 6) is 0.392. The number of rotatable bonds is 6. The molecule has 34 heavy (non-hydrogen) atoms. The van der Waals surface area contributed by atoms with Crippen molar-refractivity contribution in [2.75, 3.05) is 0 Å². The molecule has 1 saturated heterocycles. The molecule has 1 fully saturated rings. The Morgan fingerprint density at radius 1 is 0.824 bits per heavy atom. The van der Waals surface area contributed by atoms with Gasteiger partial charge in [-0.1, -0.05) is 84.9 Å². The van der Waals surface area contributed by atoms with Gasteiger partial charge in [0.05, 0.1) is 11.4 Å². The van der Waals surface area contributed by atoms with Crippen molar-refractivity contribution in [3.05, 3.63) is 118 Å². The zero-order valence-electron chi connectivity index (χ0n) is 18.7. The van der Waals surface area contributed by atoms with Crippen LogP contribution in [0.4, 0.5) is 4.79 Å². The fraction of sp³-hybridized carbons (Fsp3) is 0.103. The van der Waals surface area contributed by atoms with Crippen molar-refractivity contribution >= 4 is 39.8 Å². The van der Waals surface area contributed by atoms with E-state index in [9.17, 15) is 9.59 Å². The monoisotopic (exact) mass is 465 g/mol. The highest BCUT2D eigenvalue weighted by Crippen LogP contribution is 2.35. The number of nitrogens with zero attached hydrogens (tertiary/aromatic N) is 1. The Morgan fingerprint density at radius 2 is 1.53 bits per heavy atom. The molecule has 0 spiro atoms. The molecular weight excluding hydrogens is 442 g/mol. The SMILES string of the molecule is Cc1ccccc1CN1C(=O)S/C(=C\c2ccccc2OCc2cccc3ccccc23)C1=O. The number of carbonyl (C=O) groups excluding carboxylic acids is 2. The van der Waals surface area contributed by atoms with E-state index in [1.54, 1.807) is 6.08 Å². The Balaban J connectivity index is 1.37. The first-order valence-corrected chi connectivity index (χ1v) is 11.9. The smallest absolute Gasteiger partial charge is 0.293 e. The van der Waals surface area contributed by atoms with Gasteiger partial charge in [-0.25, -0.2) is 0 Å². The highest BCUT2D eigenvalue weighted by molar-refractivity contribution is 8.18. The Labute approximate surface area is 202 Å². The van der Waals surface area contributed by atoms with Gasteiger partial charge in [-0.3, -0.25) is 14.5 Å². The van der Waals surface area contributed by atoms with Crippen LogP contribution < -0.4 is 4.74 Å². The molecule has 1 aliphatic rings. The molecule has 4 nitrogen and oxygen atoms in total. The summed E-state index contributed by atoms with van der Waals surface area (Å²) in [6, 6.07) is 29.7. The first-order chi connectivity index (χ1) is 16.6. The third kappa shape index (κ3) is 4.47. The zero-order chi connectivity index (χ0) is 23.5. The van der Waals surface area contributed by atoms with Gasteiger partial charge in [-0.2, -0.15) is 0 Å². The number of benzene rings is 4. The molecular formula is C29H23NO3S. The molecule has 0 unspecified atom stereocenters. The van der Waals surface area contributed by atoms with Crippen molar-refractivity contribution < 1.29 is 14.3 Å². The lowest BCUT2D eigenvalue weighted by molar-refractivity contribution is -0.123. The number of ether oxygens (including phenoxy) is 1. The van der Waals surface area contributed by atoms with E-state index >= 15 is 0 Å². The molecule has 4 aromatic rings. The summed E-state index contributed by atoms with van der Waals surface area (Å²) in [5.41, 5.74) is 3.87. The Bertz CT molecular complexity index is 1420. The molecule has 1 heterocycles. The number of carbonyl (C=O) groups is 2. The molecule has 0 atom stereocenters. The second kappa shape index (κ2) is 9.57. The zero-order valence-corrected chi connectivity index (χ0v) is 19.5. The van der Waals surface area contributed by atoms with Gasteiger partial charge in [0.25, 0.3) is 11.1 Å². The summed E-state index contributed by atoms with van der Waals surface area (Å²) in [6.45, 7) is 2.66. The molecule has 168 valence electrons. The Morgan fingerprint density at radius 3 is 2.41 bits per heavy atom. The number of fused-ring (bicyclic) bond motifs is 1. The Hall–Kier alpha value is -3.83. The second-order valence-corrected chi connectivity index (χ2v) is 9.15. The lowest BCUT2D eigenvalue weighted by atomic mass is 10.1. The normalized spacial score (nSPS) is 14.9. The average Bonchev–Trinajstić information content (AvgIpc) is 3.12. The van der Waals surface area contributed by atoms with Crippen molar-refractivity contribution in [3.63, 3.8) is 0 Å². The number of aryl methyl sites for hydroxylation is 1. The molecule has 0 aliphatic carbocycles. The van der Waals surface area contributed by atoms with Crippen LogP contribution in [0.2, 0.25) is 0 Å². The summed E-state index contributed by atoms with van der Waals surface area (Å²) in [6.07, 6.45) is 1.75. The van der Waals surface area contributed by atoms with E-state index < -0.39 is 0 Å². The van der Waals surface area contributed by atoms with Crippen LogP contribution in [0.15, 0.2) is 95.9 Å². The number of amides is 2. The minimum atomic E-state index is -0.276. The highest BCUT2D eigenvalue weighted by atomic mass is 32.2. The molecule has 0 radical (unpaired) electrons. The van der Waals surface area contributed by atoms with E-state index in [1.165, 1.54) is 10.3 Å².